The van der Waals surface area contributed by atoms with Gasteiger partial charge in [0, 0.05) is 48.3 Å². The third-order valence-corrected chi connectivity index (χ3v) is 15.4. The van der Waals surface area contributed by atoms with Gasteiger partial charge in [-0.3, -0.25) is 23.2 Å². The summed E-state index contributed by atoms with van der Waals surface area (Å²) in [5.41, 5.74) is 10.7. The minimum atomic E-state index is 0. The molecule has 2 aromatic carbocycles. The Kier molecular flexibility index (Phi) is 15.6. The number of benzene rings is 2. The van der Waals surface area contributed by atoms with Gasteiger partial charge in [0.25, 0.3) is 0 Å². The van der Waals surface area contributed by atoms with Crippen LogP contribution < -0.4 is 22.4 Å². The molecule has 21 heteroatoms. The van der Waals surface area contributed by atoms with E-state index >= 15 is 0 Å². The summed E-state index contributed by atoms with van der Waals surface area (Å²) in [6, 6.07) is 18.9. The predicted octanol–water partition coefficient (Wildman–Crippen LogP) is 11.0. The zero-order valence-electron chi connectivity index (χ0n) is 37.9. The van der Waals surface area contributed by atoms with Crippen LogP contribution >= 0.6 is 78.5 Å². The molecule has 4 aliphatic rings. The smallest absolute Gasteiger partial charge is 0.332 e. The SMILES string of the molecule is CCN(C(C)C)C(C)C.Cl.Clc1nc2ccccc2s1.NC1CC(n2c(=O)n(C3CC3)c3nc(Br)cnc32)C1.O=c1n(C2CC(Nc3nc4ccccc4s3)C2)c2ncc(Br)nc2n1C1CC1. The first kappa shape index (κ1) is 49.6. The Morgan fingerprint density at radius 1 is 0.687 bits per heavy atom. The molecule has 0 spiro atoms. The molecular formula is C46H55Br2Cl2N13O2S2. The number of imidazole rings is 2. The van der Waals surface area contributed by atoms with Crippen molar-refractivity contribution in [2.24, 2.45) is 5.73 Å². The second-order valence-electron chi connectivity index (χ2n) is 18.0. The maximum atomic E-state index is 13.1. The molecule has 4 aliphatic carbocycles. The fourth-order valence-electron chi connectivity index (χ4n) is 8.98. The summed E-state index contributed by atoms with van der Waals surface area (Å²) in [7, 11) is 0. The number of fused-ring (bicyclic) bond motifs is 4. The molecule has 0 radical (unpaired) electrons. The van der Waals surface area contributed by atoms with Crippen molar-refractivity contribution in [2.45, 2.75) is 134 Å². The molecule has 15 nitrogen and oxygen atoms in total. The lowest BCUT2D eigenvalue weighted by atomic mass is 9.86. The van der Waals surface area contributed by atoms with Gasteiger partial charge >= 0.3 is 11.4 Å². The fraction of sp³-hybridized carbons (Fsp3) is 0.478. The minimum absolute atomic E-state index is 0. The van der Waals surface area contributed by atoms with E-state index in [-0.39, 0.29) is 48.0 Å². The van der Waals surface area contributed by atoms with Gasteiger partial charge in [-0.2, -0.15) is 0 Å². The normalized spacial score (nSPS) is 19.9. The first-order chi connectivity index (χ1) is 31.8. The van der Waals surface area contributed by atoms with Crippen LogP contribution in [0.1, 0.15) is 110 Å². The molecule has 0 bridgehead atoms. The van der Waals surface area contributed by atoms with Crippen LogP contribution in [0.5, 0.6) is 0 Å². The second kappa shape index (κ2) is 21.0. The number of nitrogens with one attached hydrogen (secondary N) is 1. The van der Waals surface area contributed by atoms with Crippen molar-refractivity contribution in [1.29, 1.82) is 0 Å². The summed E-state index contributed by atoms with van der Waals surface area (Å²) in [6.45, 7) is 12.3. The van der Waals surface area contributed by atoms with Crippen LogP contribution in [0.25, 0.3) is 43.0 Å². The van der Waals surface area contributed by atoms with E-state index in [1.807, 2.05) is 51.6 Å². The van der Waals surface area contributed by atoms with Crippen molar-refractivity contribution in [1.82, 2.24) is 53.1 Å². The van der Waals surface area contributed by atoms with Crippen LogP contribution in [0.15, 0.2) is 79.7 Å². The molecule has 356 valence electrons. The van der Waals surface area contributed by atoms with Crippen LogP contribution in [-0.2, 0) is 0 Å². The van der Waals surface area contributed by atoms with Gasteiger partial charge in [-0.25, -0.2) is 39.5 Å². The average molecular weight is 1120 g/mol. The third-order valence-electron chi connectivity index (χ3n) is 12.5. The number of nitrogens with zero attached hydrogens (tertiary/aromatic N) is 11. The summed E-state index contributed by atoms with van der Waals surface area (Å²) in [5, 5.41) is 4.47. The average Bonchev–Trinajstić information content (AvgIpc) is 4.15. The Morgan fingerprint density at radius 3 is 1.55 bits per heavy atom. The van der Waals surface area contributed by atoms with Crippen LogP contribution in [0.3, 0.4) is 0 Å². The van der Waals surface area contributed by atoms with Crippen LogP contribution in [0.4, 0.5) is 5.13 Å². The Hall–Kier alpha value is -3.82. The van der Waals surface area contributed by atoms with Crippen LogP contribution in [0, 0.1) is 0 Å². The number of para-hydroxylation sites is 2. The first-order valence-electron chi connectivity index (χ1n) is 22.7. The lowest BCUT2D eigenvalue weighted by Crippen LogP contribution is -2.41. The molecule has 12 rings (SSSR count). The number of nitrogens with two attached hydrogens (primary N) is 1. The first-order valence-corrected chi connectivity index (χ1v) is 26.3. The third kappa shape index (κ3) is 10.8. The van der Waals surface area contributed by atoms with E-state index in [2.05, 4.69) is 113 Å². The molecule has 67 heavy (non-hydrogen) atoms. The summed E-state index contributed by atoms with van der Waals surface area (Å²) in [6.07, 6.45) is 11.0. The maximum absolute atomic E-state index is 13.1. The Labute approximate surface area is 424 Å². The van der Waals surface area contributed by atoms with Crippen molar-refractivity contribution < 1.29 is 0 Å². The number of halogens is 4. The van der Waals surface area contributed by atoms with E-state index in [0.29, 0.717) is 60.4 Å². The Balaban J connectivity index is 0.000000134. The molecule has 0 atom stereocenters. The summed E-state index contributed by atoms with van der Waals surface area (Å²) in [4.78, 5) is 54.8. The largest absolute Gasteiger partial charge is 0.359 e. The lowest BCUT2D eigenvalue weighted by molar-refractivity contribution is 0.185. The standard InChI is InChI=1S/C19H17BrN6OS.C12H14BrN5O.C8H19N.C7H4ClNS.ClH/c20-15-9-21-16-17(24-15)25(11-5-6-11)19(27)26(16)12-7-10(8-12)22-18-23-13-3-1-2-4-14(13)28-18;13-9-5-15-10-11(16-9)17(7-1-2-7)12(19)18(10)8-3-6(14)4-8;1-6-9(7(2)3)8(4)5;8-7-9-5-3-1-2-4-6(5)10-7;/h1-4,9-12H,5-8H2,(H,22,23);5-8H,1-4,14H2;7-8H,6H2,1-5H3;1-4H;1H. The monoisotopic (exact) mass is 1110 g/mol. The highest BCUT2D eigenvalue weighted by molar-refractivity contribution is 9.10. The summed E-state index contributed by atoms with van der Waals surface area (Å²) < 4.78 is 11.5. The number of aromatic nitrogens is 10. The highest BCUT2D eigenvalue weighted by Gasteiger charge is 2.38. The van der Waals surface area contributed by atoms with E-state index in [1.165, 1.54) is 16.0 Å². The van der Waals surface area contributed by atoms with Crippen LogP contribution in [-0.4, -0.2) is 83.8 Å². The molecule has 0 aliphatic heterocycles. The molecule has 8 aromatic rings. The second-order valence-corrected chi connectivity index (χ2v) is 22.2. The topological polar surface area (TPSA) is 172 Å². The summed E-state index contributed by atoms with van der Waals surface area (Å²) >= 11 is 15.6. The van der Waals surface area contributed by atoms with E-state index in [0.717, 1.165) is 78.8 Å². The van der Waals surface area contributed by atoms with Crippen molar-refractivity contribution >= 4 is 127 Å². The predicted molar refractivity (Wildman–Crippen MR) is 282 cm³/mol. The van der Waals surface area contributed by atoms with Gasteiger partial charge in [0.1, 0.15) is 9.21 Å². The molecule has 0 unspecified atom stereocenters. The zero-order valence-corrected chi connectivity index (χ0v) is 44.3. The Bertz CT molecular complexity index is 3030. The van der Waals surface area contributed by atoms with Gasteiger partial charge in [-0.1, -0.05) is 54.1 Å². The highest BCUT2D eigenvalue weighted by Crippen LogP contribution is 2.41. The van der Waals surface area contributed by atoms with Gasteiger partial charge < -0.3 is 11.1 Å². The molecule has 6 heterocycles. The Morgan fingerprint density at radius 2 is 1.13 bits per heavy atom. The number of thiazole rings is 2. The number of hydrogen-bond donors (Lipinski definition) is 2. The van der Waals surface area contributed by atoms with Gasteiger partial charge in [0.2, 0.25) is 0 Å². The van der Waals surface area contributed by atoms with Gasteiger partial charge in [0.15, 0.2) is 32.2 Å². The van der Waals surface area contributed by atoms with E-state index in [4.69, 9.17) is 17.3 Å². The maximum Gasteiger partial charge on any atom is 0.332 e. The van der Waals surface area contributed by atoms with E-state index in [9.17, 15) is 9.59 Å². The van der Waals surface area contributed by atoms with Crippen molar-refractivity contribution in [3.8, 4) is 0 Å². The molecule has 3 N–H and O–H groups in total. The molecule has 6 aromatic heterocycles. The minimum Gasteiger partial charge on any atom is -0.359 e. The summed E-state index contributed by atoms with van der Waals surface area (Å²) in [5.74, 6) is 0. The van der Waals surface area contributed by atoms with Crippen molar-refractivity contribution in [3.63, 3.8) is 0 Å². The van der Waals surface area contributed by atoms with Gasteiger partial charge in [-0.05, 0) is 142 Å². The number of rotatable bonds is 9. The highest BCUT2D eigenvalue weighted by atomic mass is 79.9. The number of hydrogen-bond acceptors (Lipinski definition) is 13. The molecule has 0 amide bonds. The quantitative estimate of drug-likeness (QED) is 0.141. The molecule has 0 saturated heterocycles. The molecular weight excluding hydrogens is 1060 g/mol. The van der Waals surface area contributed by atoms with Gasteiger partial charge in [-0.15, -0.1) is 23.7 Å². The van der Waals surface area contributed by atoms with Crippen LogP contribution in [0.2, 0.25) is 4.47 Å². The van der Waals surface area contributed by atoms with Crippen molar-refractivity contribution in [3.05, 3.63) is 95.6 Å². The lowest BCUT2D eigenvalue weighted by Gasteiger charge is -2.36. The fourth-order valence-corrected chi connectivity index (χ4v) is 11.5. The van der Waals surface area contributed by atoms with E-state index < -0.39 is 0 Å². The van der Waals surface area contributed by atoms with Crippen molar-refractivity contribution in [2.75, 3.05) is 11.9 Å². The van der Waals surface area contributed by atoms with E-state index in [1.54, 1.807) is 32.9 Å². The molecule has 4 saturated carbocycles. The van der Waals surface area contributed by atoms with Gasteiger partial charge in [0.05, 0.1) is 32.8 Å². The number of anilines is 1. The molecule has 4 fully saturated rings. The zero-order chi connectivity index (χ0) is 46.4.